The molecule has 0 unspecified atom stereocenters. The minimum atomic E-state index is -1.04. The highest BCUT2D eigenvalue weighted by molar-refractivity contribution is 7.71. The normalized spacial score (nSPS) is 11.0. The lowest BCUT2D eigenvalue weighted by Crippen LogP contribution is -2.15. The average Bonchev–Trinajstić information content (AvgIpc) is 2.44. The van der Waals surface area contributed by atoms with Crippen LogP contribution in [0.1, 0.15) is 12.0 Å². The van der Waals surface area contributed by atoms with Gasteiger partial charge in [0.2, 0.25) is 5.88 Å². The molecule has 0 fully saturated rings. The van der Waals surface area contributed by atoms with Crippen LogP contribution >= 0.6 is 23.8 Å². The molecule has 0 spiro atoms. The van der Waals surface area contributed by atoms with Crippen LogP contribution in [0.25, 0.3) is 11.8 Å². The first kappa shape index (κ1) is 16.0. The van der Waals surface area contributed by atoms with Gasteiger partial charge in [-0.1, -0.05) is 17.7 Å². The third kappa shape index (κ3) is 3.44. The summed E-state index contributed by atoms with van der Waals surface area (Å²) in [7, 11) is 0. The van der Waals surface area contributed by atoms with Crippen LogP contribution in [-0.2, 0) is 4.79 Å². The summed E-state index contributed by atoms with van der Waals surface area (Å²) in [6.07, 6.45) is 2.24. The lowest BCUT2D eigenvalue weighted by atomic mass is 10.2. The Bertz CT molecular complexity index is 853. The number of halogens is 1. The number of aromatic nitrogens is 2. The lowest BCUT2D eigenvalue weighted by molar-refractivity contribution is -0.135. The monoisotopic (exact) mass is 338 g/mol. The van der Waals surface area contributed by atoms with E-state index in [9.17, 15) is 14.7 Å². The Labute approximate surface area is 134 Å². The number of nitrogens with one attached hydrogen (secondary N) is 1. The summed E-state index contributed by atoms with van der Waals surface area (Å²) >= 11 is 10.9. The van der Waals surface area contributed by atoms with E-state index >= 15 is 0 Å². The standard InChI is InChI=1S/C14H11ClN2O4S/c15-8-4-6-9(7-5-8)17-13(21)10(2-1-3-11(18)19)12(20)16-14(17)22/h1-2,4-7,21H,3H2,(H,18,19)(H,16,20,22). The zero-order chi connectivity index (χ0) is 16.3. The first-order valence-corrected chi connectivity index (χ1v) is 6.91. The number of aliphatic carboxylic acids is 1. The van der Waals surface area contributed by atoms with Gasteiger partial charge < -0.3 is 10.2 Å². The van der Waals surface area contributed by atoms with Crippen LogP contribution in [0.5, 0.6) is 5.88 Å². The Morgan fingerprint density at radius 3 is 2.59 bits per heavy atom. The van der Waals surface area contributed by atoms with Crippen molar-refractivity contribution in [1.29, 1.82) is 0 Å². The van der Waals surface area contributed by atoms with Gasteiger partial charge in [-0.15, -0.1) is 0 Å². The van der Waals surface area contributed by atoms with Crippen LogP contribution in [0, 0.1) is 4.77 Å². The van der Waals surface area contributed by atoms with Gasteiger partial charge in [0, 0.05) is 5.02 Å². The third-order valence-corrected chi connectivity index (χ3v) is 3.32. The van der Waals surface area contributed by atoms with Crippen molar-refractivity contribution in [2.24, 2.45) is 0 Å². The van der Waals surface area contributed by atoms with E-state index in [1.807, 2.05) is 0 Å². The summed E-state index contributed by atoms with van der Waals surface area (Å²) in [5.74, 6) is -1.42. The highest BCUT2D eigenvalue weighted by Gasteiger charge is 2.11. The summed E-state index contributed by atoms with van der Waals surface area (Å²) in [5, 5.41) is 19.4. The Morgan fingerprint density at radius 2 is 2.00 bits per heavy atom. The van der Waals surface area contributed by atoms with E-state index < -0.39 is 11.5 Å². The average molecular weight is 339 g/mol. The zero-order valence-electron chi connectivity index (χ0n) is 11.1. The molecule has 22 heavy (non-hydrogen) atoms. The molecule has 2 rings (SSSR count). The third-order valence-electron chi connectivity index (χ3n) is 2.78. The quantitative estimate of drug-likeness (QED) is 0.745. The van der Waals surface area contributed by atoms with Crippen molar-refractivity contribution in [3.05, 3.63) is 56.1 Å². The second-order valence-electron chi connectivity index (χ2n) is 4.31. The van der Waals surface area contributed by atoms with Gasteiger partial charge in [0.25, 0.3) is 5.56 Å². The number of hydrogen-bond acceptors (Lipinski definition) is 4. The Kier molecular flexibility index (Phi) is 4.79. The molecule has 0 aliphatic carbocycles. The van der Waals surface area contributed by atoms with Crippen molar-refractivity contribution in [3.8, 4) is 11.6 Å². The van der Waals surface area contributed by atoms with E-state index in [2.05, 4.69) is 4.98 Å². The first-order valence-electron chi connectivity index (χ1n) is 6.12. The molecule has 1 heterocycles. The summed E-state index contributed by atoms with van der Waals surface area (Å²) in [6.45, 7) is 0. The topological polar surface area (TPSA) is 95.3 Å². The van der Waals surface area contributed by atoms with E-state index in [-0.39, 0.29) is 22.6 Å². The van der Waals surface area contributed by atoms with Crippen molar-refractivity contribution >= 4 is 35.9 Å². The van der Waals surface area contributed by atoms with Crippen LogP contribution in [0.3, 0.4) is 0 Å². The molecule has 6 nitrogen and oxygen atoms in total. The largest absolute Gasteiger partial charge is 0.494 e. The minimum absolute atomic E-state index is 0.0141. The second-order valence-corrected chi connectivity index (χ2v) is 5.13. The van der Waals surface area contributed by atoms with Crippen molar-refractivity contribution in [1.82, 2.24) is 9.55 Å². The minimum Gasteiger partial charge on any atom is -0.494 e. The molecule has 2 aromatic rings. The maximum Gasteiger partial charge on any atom is 0.307 e. The SMILES string of the molecule is O=C(O)CC=Cc1c(O)n(-c2ccc(Cl)cc2)c(=S)[nH]c1=O. The second kappa shape index (κ2) is 6.59. The van der Waals surface area contributed by atoms with Crippen LogP contribution in [0.4, 0.5) is 0 Å². The molecule has 0 bridgehead atoms. The van der Waals surface area contributed by atoms with Gasteiger partial charge in [0.15, 0.2) is 4.77 Å². The highest BCUT2D eigenvalue weighted by Crippen LogP contribution is 2.21. The number of hydrogen-bond donors (Lipinski definition) is 3. The number of carboxylic acid groups (broad SMARTS) is 1. The Balaban J connectivity index is 2.58. The van der Waals surface area contributed by atoms with Gasteiger partial charge in [-0.2, -0.15) is 0 Å². The molecular weight excluding hydrogens is 328 g/mol. The number of benzene rings is 1. The zero-order valence-corrected chi connectivity index (χ0v) is 12.7. The van der Waals surface area contributed by atoms with Crippen molar-refractivity contribution in [2.45, 2.75) is 6.42 Å². The number of carboxylic acids is 1. The van der Waals surface area contributed by atoms with E-state index in [0.717, 1.165) is 0 Å². The van der Waals surface area contributed by atoms with Crippen molar-refractivity contribution < 1.29 is 15.0 Å². The molecule has 8 heteroatoms. The van der Waals surface area contributed by atoms with Gasteiger partial charge >= 0.3 is 5.97 Å². The fourth-order valence-electron chi connectivity index (χ4n) is 1.80. The summed E-state index contributed by atoms with van der Waals surface area (Å²) < 4.78 is 1.27. The smallest absolute Gasteiger partial charge is 0.307 e. The molecule has 0 amide bonds. The number of rotatable bonds is 4. The van der Waals surface area contributed by atoms with Crippen molar-refractivity contribution in [3.63, 3.8) is 0 Å². The van der Waals surface area contributed by atoms with Gasteiger partial charge in [-0.25, -0.2) is 0 Å². The number of aromatic amines is 1. The molecule has 1 aromatic carbocycles. The molecule has 0 atom stereocenters. The molecule has 0 aliphatic heterocycles. The van der Waals surface area contributed by atoms with Crippen LogP contribution < -0.4 is 5.56 Å². The molecular formula is C14H11ClN2O4S. The predicted octanol–water partition coefficient (Wildman–Crippen LogP) is 2.74. The number of carbonyl (C=O) groups is 1. The van der Waals surface area contributed by atoms with Gasteiger partial charge in [-0.05, 0) is 42.6 Å². The van der Waals surface area contributed by atoms with Crippen molar-refractivity contribution in [2.75, 3.05) is 0 Å². The van der Waals surface area contributed by atoms with Crippen LogP contribution in [-0.4, -0.2) is 25.7 Å². The van der Waals surface area contributed by atoms with E-state index in [1.165, 1.54) is 16.7 Å². The highest BCUT2D eigenvalue weighted by atomic mass is 35.5. The van der Waals surface area contributed by atoms with E-state index in [0.29, 0.717) is 10.7 Å². The molecule has 1 aromatic heterocycles. The van der Waals surface area contributed by atoms with Crippen LogP contribution in [0.2, 0.25) is 5.02 Å². The molecule has 0 saturated heterocycles. The molecule has 114 valence electrons. The molecule has 3 N–H and O–H groups in total. The summed E-state index contributed by atoms with van der Waals surface area (Å²) in [6, 6.07) is 6.48. The van der Waals surface area contributed by atoms with Gasteiger partial charge in [-0.3, -0.25) is 19.1 Å². The van der Waals surface area contributed by atoms with Gasteiger partial charge in [0.1, 0.15) is 0 Å². The first-order chi connectivity index (χ1) is 10.4. The molecule has 0 saturated carbocycles. The van der Waals surface area contributed by atoms with E-state index in [4.69, 9.17) is 28.9 Å². The molecule has 0 aliphatic rings. The van der Waals surface area contributed by atoms with E-state index in [1.54, 1.807) is 24.3 Å². The Hall–Kier alpha value is -2.38. The van der Waals surface area contributed by atoms with Gasteiger partial charge in [0.05, 0.1) is 17.7 Å². The maximum absolute atomic E-state index is 11.9. The lowest BCUT2D eigenvalue weighted by Gasteiger charge is -2.11. The summed E-state index contributed by atoms with van der Waals surface area (Å²) in [5.41, 5.74) is -0.171. The fourth-order valence-corrected chi connectivity index (χ4v) is 2.21. The fraction of sp³-hybridized carbons (Fsp3) is 0.0714. The van der Waals surface area contributed by atoms with Crippen LogP contribution in [0.15, 0.2) is 35.1 Å². The Morgan fingerprint density at radius 1 is 1.36 bits per heavy atom. The predicted molar refractivity (Wildman–Crippen MR) is 85.2 cm³/mol. The number of H-pyrrole nitrogens is 1. The maximum atomic E-state index is 11.9. The molecule has 0 radical (unpaired) electrons. The number of aromatic hydroxyl groups is 1. The summed E-state index contributed by atoms with van der Waals surface area (Å²) in [4.78, 5) is 24.8. The number of nitrogens with zero attached hydrogens (tertiary/aromatic N) is 1.